The molecule has 0 atom stereocenters. The van der Waals surface area contributed by atoms with Crippen molar-refractivity contribution in [2.75, 3.05) is 5.75 Å². The van der Waals surface area contributed by atoms with Gasteiger partial charge in [-0.15, -0.1) is 11.8 Å². The quantitative estimate of drug-likeness (QED) is 0.797. The van der Waals surface area contributed by atoms with E-state index in [-0.39, 0.29) is 5.91 Å². The van der Waals surface area contributed by atoms with Crippen molar-refractivity contribution < 1.29 is 4.79 Å². The largest absolute Gasteiger partial charge is 0.352 e. The van der Waals surface area contributed by atoms with Crippen LogP contribution in [0.4, 0.5) is 0 Å². The summed E-state index contributed by atoms with van der Waals surface area (Å²) in [6.07, 6.45) is 0.503. The highest BCUT2D eigenvalue weighted by atomic mass is 35.5. The molecule has 21 heavy (non-hydrogen) atoms. The Bertz CT molecular complexity index is 598. The van der Waals surface area contributed by atoms with Gasteiger partial charge in [0.1, 0.15) is 0 Å². The van der Waals surface area contributed by atoms with E-state index < -0.39 is 0 Å². The van der Waals surface area contributed by atoms with E-state index >= 15 is 0 Å². The number of hydrogen-bond acceptors (Lipinski definition) is 2. The molecule has 4 heteroatoms. The zero-order valence-corrected chi connectivity index (χ0v) is 13.5. The first-order chi connectivity index (χ1) is 10.1. The molecule has 1 amide bonds. The van der Waals surface area contributed by atoms with Crippen molar-refractivity contribution in [2.45, 2.75) is 24.8 Å². The van der Waals surface area contributed by atoms with Crippen LogP contribution in [-0.4, -0.2) is 11.7 Å². The molecule has 0 heterocycles. The summed E-state index contributed by atoms with van der Waals surface area (Å²) in [6.45, 7) is 2.55. The predicted octanol–water partition coefficient (Wildman–Crippen LogP) is 4.45. The van der Waals surface area contributed by atoms with Crippen LogP contribution >= 0.6 is 23.4 Å². The van der Waals surface area contributed by atoms with Gasteiger partial charge in [-0.3, -0.25) is 4.79 Å². The second kappa shape index (κ2) is 8.11. The Morgan fingerprint density at radius 2 is 1.86 bits per heavy atom. The lowest BCUT2D eigenvalue weighted by molar-refractivity contribution is -0.120. The number of benzene rings is 2. The Hall–Kier alpha value is -1.45. The maximum absolute atomic E-state index is 11.8. The second-order valence-electron chi connectivity index (χ2n) is 4.78. The summed E-state index contributed by atoms with van der Waals surface area (Å²) in [6, 6.07) is 15.9. The molecule has 0 saturated carbocycles. The molecule has 2 aromatic rings. The number of halogens is 1. The predicted molar refractivity (Wildman–Crippen MR) is 89.8 cm³/mol. The van der Waals surface area contributed by atoms with Crippen LogP contribution in [0.15, 0.2) is 53.4 Å². The standard InChI is InChI=1S/C17H18ClNOS/c1-13-6-8-15(9-7-13)21-11-10-17(20)19-12-14-4-2-3-5-16(14)18/h2-9H,10-12H2,1H3,(H,19,20). The number of nitrogens with one attached hydrogen (secondary N) is 1. The minimum atomic E-state index is 0.0505. The summed E-state index contributed by atoms with van der Waals surface area (Å²) >= 11 is 7.74. The van der Waals surface area contributed by atoms with E-state index in [2.05, 4.69) is 36.5 Å². The molecule has 0 aliphatic rings. The smallest absolute Gasteiger partial charge is 0.221 e. The van der Waals surface area contributed by atoms with E-state index in [0.717, 1.165) is 11.3 Å². The van der Waals surface area contributed by atoms with Crippen molar-refractivity contribution in [3.8, 4) is 0 Å². The van der Waals surface area contributed by atoms with E-state index in [4.69, 9.17) is 11.6 Å². The fourth-order valence-corrected chi connectivity index (χ4v) is 2.87. The summed E-state index contributed by atoms with van der Waals surface area (Å²) in [5, 5.41) is 3.59. The molecule has 0 spiro atoms. The van der Waals surface area contributed by atoms with Crippen molar-refractivity contribution in [1.29, 1.82) is 0 Å². The van der Waals surface area contributed by atoms with Crippen LogP contribution in [0, 0.1) is 6.92 Å². The van der Waals surface area contributed by atoms with Gasteiger partial charge in [0.2, 0.25) is 5.91 Å². The van der Waals surface area contributed by atoms with E-state index in [1.165, 1.54) is 10.5 Å². The first-order valence-electron chi connectivity index (χ1n) is 6.85. The fraction of sp³-hybridized carbons (Fsp3) is 0.235. The summed E-state index contributed by atoms with van der Waals surface area (Å²) in [7, 11) is 0. The molecule has 0 aliphatic heterocycles. The third kappa shape index (κ3) is 5.44. The van der Waals surface area contributed by atoms with Gasteiger partial charge in [0.25, 0.3) is 0 Å². The van der Waals surface area contributed by atoms with Gasteiger partial charge in [0.15, 0.2) is 0 Å². The van der Waals surface area contributed by atoms with Gasteiger partial charge in [-0.2, -0.15) is 0 Å². The van der Waals surface area contributed by atoms with Crippen LogP contribution in [0.3, 0.4) is 0 Å². The molecule has 0 fully saturated rings. The second-order valence-corrected chi connectivity index (χ2v) is 6.36. The molecule has 1 N–H and O–H groups in total. The van der Waals surface area contributed by atoms with Crippen molar-refractivity contribution in [1.82, 2.24) is 5.32 Å². The molecule has 2 nitrogen and oxygen atoms in total. The van der Waals surface area contributed by atoms with Gasteiger partial charge in [0.05, 0.1) is 0 Å². The molecule has 2 aromatic carbocycles. The van der Waals surface area contributed by atoms with Crippen LogP contribution < -0.4 is 5.32 Å². The Kier molecular flexibility index (Phi) is 6.15. The summed E-state index contributed by atoms with van der Waals surface area (Å²) in [5.41, 5.74) is 2.19. The number of rotatable bonds is 6. The normalized spacial score (nSPS) is 10.4. The molecule has 0 aliphatic carbocycles. The number of carbonyl (C=O) groups is 1. The highest BCUT2D eigenvalue weighted by molar-refractivity contribution is 7.99. The Morgan fingerprint density at radius 1 is 1.14 bits per heavy atom. The molecule has 0 unspecified atom stereocenters. The van der Waals surface area contributed by atoms with Crippen molar-refractivity contribution >= 4 is 29.3 Å². The number of amides is 1. The SMILES string of the molecule is Cc1ccc(SCCC(=O)NCc2ccccc2Cl)cc1. The Labute approximate surface area is 134 Å². The van der Waals surface area contributed by atoms with Crippen LogP contribution in [0.5, 0.6) is 0 Å². The molecular formula is C17H18ClNOS. The molecule has 0 saturated heterocycles. The average molecular weight is 320 g/mol. The Balaban J connectivity index is 1.70. The molecule has 110 valence electrons. The monoisotopic (exact) mass is 319 g/mol. The van der Waals surface area contributed by atoms with Gasteiger partial charge in [-0.25, -0.2) is 0 Å². The highest BCUT2D eigenvalue weighted by Gasteiger charge is 2.04. The number of hydrogen-bond donors (Lipinski definition) is 1. The summed E-state index contributed by atoms with van der Waals surface area (Å²) in [5.74, 6) is 0.826. The maximum atomic E-state index is 11.8. The van der Waals surface area contributed by atoms with Gasteiger partial charge in [-0.05, 0) is 30.7 Å². The lowest BCUT2D eigenvalue weighted by atomic mass is 10.2. The van der Waals surface area contributed by atoms with E-state index in [1.807, 2.05) is 24.3 Å². The van der Waals surface area contributed by atoms with E-state index in [9.17, 15) is 4.79 Å². The topological polar surface area (TPSA) is 29.1 Å². The Morgan fingerprint density at radius 3 is 2.57 bits per heavy atom. The van der Waals surface area contributed by atoms with Crippen LogP contribution in [-0.2, 0) is 11.3 Å². The van der Waals surface area contributed by atoms with Crippen LogP contribution in [0.1, 0.15) is 17.5 Å². The number of aryl methyl sites for hydroxylation is 1. The van der Waals surface area contributed by atoms with Crippen molar-refractivity contribution in [2.24, 2.45) is 0 Å². The maximum Gasteiger partial charge on any atom is 0.221 e. The molecule has 0 radical (unpaired) electrons. The number of thioether (sulfide) groups is 1. The third-order valence-electron chi connectivity index (χ3n) is 3.05. The fourth-order valence-electron chi connectivity index (χ4n) is 1.82. The van der Waals surface area contributed by atoms with Crippen LogP contribution in [0.25, 0.3) is 0 Å². The minimum absolute atomic E-state index is 0.0505. The molecule has 2 rings (SSSR count). The van der Waals surface area contributed by atoms with Gasteiger partial charge >= 0.3 is 0 Å². The van der Waals surface area contributed by atoms with Crippen molar-refractivity contribution in [3.63, 3.8) is 0 Å². The van der Waals surface area contributed by atoms with E-state index in [0.29, 0.717) is 18.0 Å². The van der Waals surface area contributed by atoms with Crippen molar-refractivity contribution in [3.05, 3.63) is 64.7 Å². The first kappa shape index (κ1) is 15.9. The zero-order valence-electron chi connectivity index (χ0n) is 11.9. The molecular weight excluding hydrogens is 302 g/mol. The van der Waals surface area contributed by atoms with Gasteiger partial charge in [0, 0.05) is 28.6 Å². The van der Waals surface area contributed by atoms with Crippen LogP contribution in [0.2, 0.25) is 5.02 Å². The van der Waals surface area contributed by atoms with Gasteiger partial charge in [-0.1, -0.05) is 47.5 Å². The third-order valence-corrected chi connectivity index (χ3v) is 4.44. The minimum Gasteiger partial charge on any atom is -0.352 e. The summed E-state index contributed by atoms with van der Waals surface area (Å²) in [4.78, 5) is 13.0. The van der Waals surface area contributed by atoms with E-state index in [1.54, 1.807) is 11.8 Å². The zero-order chi connectivity index (χ0) is 15.1. The average Bonchev–Trinajstić information content (AvgIpc) is 2.48. The van der Waals surface area contributed by atoms with Gasteiger partial charge < -0.3 is 5.32 Å². The lowest BCUT2D eigenvalue weighted by Gasteiger charge is -2.07. The highest BCUT2D eigenvalue weighted by Crippen LogP contribution is 2.19. The number of carbonyl (C=O) groups excluding carboxylic acids is 1. The first-order valence-corrected chi connectivity index (χ1v) is 8.21. The lowest BCUT2D eigenvalue weighted by Crippen LogP contribution is -2.23. The molecule has 0 bridgehead atoms. The summed E-state index contributed by atoms with van der Waals surface area (Å²) < 4.78 is 0. The molecule has 0 aromatic heterocycles.